The van der Waals surface area contributed by atoms with Gasteiger partial charge in [-0.1, -0.05) is 23.2 Å². The summed E-state index contributed by atoms with van der Waals surface area (Å²) in [6.45, 7) is 0.742. The van der Waals surface area contributed by atoms with E-state index in [4.69, 9.17) is 27.9 Å². The molecule has 0 bridgehead atoms. The lowest BCUT2D eigenvalue weighted by molar-refractivity contribution is 0.214. The van der Waals surface area contributed by atoms with Gasteiger partial charge < -0.3 is 10.1 Å². The molecule has 1 aromatic heterocycles. The molecule has 0 aliphatic carbocycles. The number of nitrogens with one attached hydrogen (secondary N) is 1. The van der Waals surface area contributed by atoms with Gasteiger partial charge in [-0.15, -0.1) is 11.3 Å². The van der Waals surface area contributed by atoms with Crippen molar-refractivity contribution in [3.05, 3.63) is 44.6 Å². The molecule has 0 radical (unpaired) electrons. The number of rotatable bonds is 1. The molecule has 1 unspecified atom stereocenters. The van der Waals surface area contributed by atoms with E-state index in [9.17, 15) is 0 Å². The molecule has 1 aliphatic heterocycles. The SMILES string of the molecule is Clc1ccc2c(c1)OC(c1ccc(Cl)s1)CN2. The molecule has 0 spiro atoms. The lowest BCUT2D eigenvalue weighted by atomic mass is 10.2. The van der Waals surface area contributed by atoms with Crippen molar-refractivity contribution in [1.82, 2.24) is 0 Å². The van der Waals surface area contributed by atoms with Gasteiger partial charge in [-0.05, 0) is 24.3 Å². The van der Waals surface area contributed by atoms with E-state index in [1.807, 2.05) is 30.3 Å². The number of hydrogen-bond acceptors (Lipinski definition) is 3. The fraction of sp³-hybridized carbons (Fsp3) is 0.167. The van der Waals surface area contributed by atoms with E-state index >= 15 is 0 Å². The van der Waals surface area contributed by atoms with Crippen LogP contribution in [-0.4, -0.2) is 6.54 Å². The van der Waals surface area contributed by atoms with Crippen molar-refractivity contribution < 1.29 is 4.74 Å². The van der Waals surface area contributed by atoms with E-state index in [0.29, 0.717) is 5.02 Å². The Morgan fingerprint density at radius 2 is 2.12 bits per heavy atom. The van der Waals surface area contributed by atoms with Crippen molar-refractivity contribution in [2.24, 2.45) is 0 Å². The standard InChI is InChI=1S/C12H9Cl2NOS/c13-7-1-2-8-9(5-7)16-10(6-15-8)11-3-4-12(14)17-11/h1-5,10,15H,6H2. The first-order valence-electron chi connectivity index (χ1n) is 5.18. The Labute approximate surface area is 113 Å². The largest absolute Gasteiger partial charge is 0.481 e. The third kappa shape index (κ3) is 2.23. The Balaban J connectivity index is 1.89. The minimum Gasteiger partial charge on any atom is -0.481 e. The van der Waals surface area contributed by atoms with Gasteiger partial charge in [0.05, 0.1) is 16.6 Å². The van der Waals surface area contributed by atoms with Gasteiger partial charge in [0.25, 0.3) is 0 Å². The van der Waals surface area contributed by atoms with Gasteiger partial charge in [-0.25, -0.2) is 0 Å². The normalized spacial score (nSPS) is 18.1. The van der Waals surface area contributed by atoms with E-state index in [1.54, 1.807) is 11.3 Å². The number of anilines is 1. The second-order valence-corrected chi connectivity index (χ2v) is 5.95. The lowest BCUT2D eigenvalue weighted by Crippen LogP contribution is -2.22. The summed E-state index contributed by atoms with van der Waals surface area (Å²) in [6, 6.07) is 9.48. The second-order valence-electron chi connectivity index (χ2n) is 3.77. The molecule has 0 saturated carbocycles. The summed E-state index contributed by atoms with van der Waals surface area (Å²) in [5, 5.41) is 4.00. The molecule has 0 fully saturated rings. The highest BCUT2D eigenvalue weighted by molar-refractivity contribution is 7.16. The predicted molar refractivity (Wildman–Crippen MR) is 72.6 cm³/mol. The Bertz CT molecular complexity index is 555. The van der Waals surface area contributed by atoms with Crippen molar-refractivity contribution in [3.8, 4) is 5.75 Å². The highest BCUT2D eigenvalue weighted by atomic mass is 35.5. The predicted octanol–water partition coefficient (Wildman–Crippen LogP) is 4.60. The highest BCUT2D eigenvalue weighted by Crippen LogP contribution is 2.38. The number of thiophene rings is 1. The lowest BCUT2D eigenvalue weighted by Gasteiger charge is -2.26. The molecule has 2 nitrogen and oxygen atoms in total. The van der Waals surface area contributed by atoms with E-state index in [0.717, 1.165) is 27.2 Å². The van der Waals surface area contributed by atoms with Crippen LogP contribution in [0, 0.1) is 0 Å². The van der Waals surface area contributed by atoms with Crippen LogP contribution < -0.4 is 10.1 Å². The zero-order chi connectivity index (χ0) is 11.8. The monoisotopic (exact) mass is 285 g/mol. The summed E-state index contributed by atoms with van der Waals surface area (Å²) in [5.41, 5.74) is 0.980. The number of fused-ring (bicyclic) bond motifs is 1. The van der Waals surface area contributed by atoms with Crippen molar-refractivity contribution in [2.75, 3.05) is 11.9 Å². The molecule has 2 aromatic rings. The number of hydrogen-bond donors (Lipinski definition) is 1. The van der Waals surface area contributed by atoms with Crippen LogP contribution >= 0.6 is 34.5 Å². The Kier molecular flexibility index (Phi) is 2.90. The van der Waals surface area contributed by atoms with Crippen LogP contribution in [0.1, 0.15) is 11.0 Å². The zero-order valence-corrected chi connectivity index (χ0v) is 11.1. The average Bonchev–Trinajstić information content (AvgIpc) is 2.75. The maximum atomic E-state index is 5.95. The first kappa shape index (κ1) is 11.2. The first-order valence-corrected chi connectivity index (χ1v) is 6.75. The first-order chi connectivity index (χ1) is 8.22. The van der Waals surface area contributed by atoms with Crippen LogP contribution in [0.3, 0.4) is 0 Å². The van der Waals surface area contributed by atoms with Crippen LogP contribution in [0.4, 0.5) is 5.69 Å². The van der Waals surface area contributed by atoms with Crippen molar-refractivity contribution >= 4 is 40.2 Å². The summed E-state index contributed by atoms with van der Waals surface area (Å²) in [6.07, 6.45) is -0.00142. The van der Waals surface area contributed by atoms with Crippen LogP contribution in [-0.2, 0) is 0 Å². The number of benzene rings is 1. The minimum absolute atomic E-state index is 0.00142. The molecule has 1 N–H and O–H groups in total. The van der Waals surface area contributed by atoms with Gasteiger partial charge in [0.2, 0.25) is 0 Å². The smallest absolute Gasteiger partial charge is 0.150 e. The summed E-state index contributed by atoms with van der Waals surface area (Å²) in [7, 11) is 0. The van der Waals surface area contributed by atoms with Crippen molar-refractivity contribution in [3.63, 3.8) is 0 Å². The van der Waals surface area contributed by atoms with E-state index in [1.165, 1.54) is 0 Å². The second kappa shape index (κ2) is 4.41. The molecule has 5 heteroatoms. The molecule has 2 heterocycles. The van der Waals surface area contributed by atoms with Gasteiger partial charge in [0.15, 0.2) is 6.10 Å². The third-order valence-corrected chi connectivity index (χ3v) is 4.16. The third-order valence-electron chi connectivity index (χ3n) is 2.60. The van der Waals surface area contributed by atoms with Crippen LogP contribution in [0.2, 0.25) is 9.36 Å². The molecule has 0 saturated heterocycles. The fourth-order valence-electron chi connectivity index (χ4n) is 1.80. The van der Waals surface area contributed by atoms with Crippen LogP contribution in [0.5, 0.6) is 5.75 Å². The zero-order valence-electron chi connectivity index (χ0n) is 8.74. The summed E-state index contributed by atoms with van der Waals surface area (Å²) in [4.78, 5) is 1.12. The molecule has 1 aliphatic rings. The van der Waals surface area contributed by atoms with Gasteiger partial charge in [0.1, 0.15) is 5.75 Å². The fourth-order valence-corrected chi connectivity index (χ4v) is 3.05. The molecule has 0 amide bonds. The molecule has 1 aromatic carbocycles. The Morgan fingerprint density at radius 3 is 2.88 bits per heavy atom. The Morgan fingerprint density at radius 1 is 1.24 bits per heavy atom. The van der Waals surface area contributed by atoms with Crippen LogP contribution in [0.15, 0.2) is 30.3 Å². The molecule has 17 heavy (non-hydrogen) atoms. The summed E-state index contributed by atoms with van der Waals surface area (Å²) >= 11 is 13.4. The van der Waals surface area contributed by atoms with Gasteiger partial charge in [-0.3, -0.25) is 0 Å². The van der Waals surface area contributed by atoms with E-state index in [-0.39, 0.29) is 6.10 Å². The van der Waals surface area contributed by atoms with Gasteiger partial charge in [0, 0.05) is 16.0 Å². The molecule has 3 rings (SSSR count). The molecule has 88 valence electrons. The van der Waals surface area contributed by atoms with E-state index in [2.05, 4.69) is 5.32 Å². The quantitative estimate of drug-likeness (QED) is 0.827. The van der Waals surface area contributed by atoms with Crippen LogP contribution in [0.25, 0.3) is 0 Å². The average molecular weight is 286 g/mol. The number of halogens is 2. The van der Waals surface area contributed by atoms with E-state index < -0.39 is 0 Å². The molecular formula is C12H9Cl2NOS. The molecule has 1 atom stereocenters. The topological polar surface area (TPSA) is 21.3 Å². The Hall–Kier alpha value is -0.900. The van der Waals surface area contributed by atoms with Gasteiger partial charge in [-0.2, -0.15) is 0 Å². The van der Waals surface area contributed by atoms with Crippen molar-refractivity contribution in [1.29, 1.82) is 0 Å². The maximum absolute atomic E-state index is 5.95. The highest BCUT2D eigenvalue weighted by Gasteiger charge is 2.22. The van der Waals surface area contributed by atoms with Gasteiger partial charge >= 0.3 is 0 Å². The number of ether oxygens (including phenoxy) is 1. The summed E-state index contributed by atoms with van der Waals surface area (Å²) in [5.74, 6) is 0.790. The minimum atomic E-state index is -0.00142. The summed E-state index contributed by atoms with van der Waals surface area (Å²) < 4.78 is 6.70. The maximum Gasteiger partial charge on any atom is 0.150 e. The van der Waals surface area contributed by atoms with Crippen molar-refractivity contribution in [2.45, 2.75) is 6.10 Å². The molecular weight excluding hydrogens is 277 g/mol.